The van der Waals surface area contributed by atoms with E-state index in [-0.39, 0.29) is 10.9 Å². The van der Waals surface area contributed by atoms with Crippen molar-refractivity contribution in [3.05, 3.63) is 52.7 Å². The number of anilines is 1. The van der Waals surface area contributed by atoms with Gasteiger partial charge in [-0.2, -0.15) is 0 Å². The molecule has 0 radical (unpaired) electrons. The molecule has 0 fully saturated rings. The number of benzene rings is 1. The second kappa shape index (κ2) is 8.99. The topological polar surface area (TPSA) is 98.2 Å². The van der Waals surface area contributed by atoms with Gasteiger partial charge in [0.2, 0.25) is 0 Å². The number of amidine groups is 1. The zero-order valence-electron chi connectivity index (χ0n) is 15.6. The molecule has 28 heavy (non-hydrogen) atoms. The van der Waals surface area contributed by atoms with Gasteiger partial charge in [0.05, 0.1) is 10.5 Å². The number of aromatic amines is 1. The van der Waals surface area contributed by atoms with Crippen LogP contribution in [0.4, 0.5) is 10.1 Å². The number of oxime groups is 1. The molecule has 9 heteroatoms. The standard InChI is InChI=1S/C19H22ClFN6O/c1-11(2)10-22-7-6-16-25-17-13(5-8-23-19(17)26-16)18(27-28)24-12-3-4-15(21)14(20)9-12/h3-5,8-9,11,22,28H,6-7,10H2,1-2H3,(H,24,27)(H,23,25,26). The van der Waals surface area contributed by atoms with Crippen LogP contribution in [0, 0.1) is 11.7 Å². The minimum atomic E-state index is -0.523. The fraction of sp³-hybridized carbons (Fsp3) is 0.316. The third-order valence-electron chi connectivity index (χ3n) is 4.07. The van der Waals surface area contributed by atoms with Crippen molar-refractivity contribution < 1.29 is 9.60 Å². The van der Waals surface area contributed by atoms with Crippen LogP contribution < -0.4 is 10.6 Å². The van der Waals surface area contributed by atoms with Gasteiger partial charge in [0.1, 0.15) is 11.6 Å². The summed E-state index contributed by atoms with van der Waals surface area (Å²) in [6.45, 7) is 6.04. The third kappa shape index (κ3) is 4.76. The van der Waals surface area contributed by atoms with E-state index in [1.165, 1.54) is 18.2 Å². The second-order valence-electron chi connectivity index (χ2n) is 6.79. The number of rotatable bonds is 7. The Morgan fingerprint density at radius 1 is 1.36 bits per heavy atom. The molecule has 0 atom stereocenters. The summed E-state index contributed by atoms with van der Waals surface area (Å²) in [5.74, 6) is 1.01. The smallest absolute Gasteiger partial charge is 0.179 e. The minimum absolute atomic E-state index is 0.0279. The number of halogens is 2. The zero-order chi connectivity index (χ0) is 20.1. The van der Waals surface area contributed by atoms with Crippen LogP contribution in [0.3, 0.4) is 0 Å². The fourth-order valence-electron chi connectivity index (χ4n) is 2.73. The lowest BCUT2D eigenvalue weighted by molar-refractivity contribution is 0.319. The number of H-pyrrole nitrogens is 1. The molecule has 0 aliphatic rings. The first-order valence-corrected chi connectivity index (χ1v) is 9.34. The molecule has 0 saturated heterocycles. The Labute approximate surface area is 167 Å². The van der Waals surface area contributed by atoms with E-state index < -0.39 is 5.82 Å². The van der Waals surface area contributed by atoms with Crippen molar-refractivity contribution in [2.45, 2.75) is 20.3 Å². The van der Waals surface area contributed by atoms with Crippen molar-refractivity contribution in [2.75, 3.05) is 18.4 Å². The van der Waals surface area contributed by atoms with Gasteiger partial charge in [0, 0.05) is 30.4 Å². The monoisotopic (exact) mass is 404 g/mol. The maximum atomic E-state index is 13.4. The summed E-state index contributed by atoms with van der Waals surface area (Å²) in [5.41, 5.74) is 2.25. The summed E-state index contributed by atoms with van der Waals surface area (Å²) < 4.78 is 13.4. The first kappa shape index (κ1) is 20.0. The highest BCUT2D eigenvalue weighted by molar-refractivity contribution is 6.31. The summed E-state index contributed by atoms with van der Waals surface area (Å²) in [4.78, 5) is 12.0. The van der Waals surface area contributed by atoms with Gasteiger partial charge in [-0.25, -0.2) is 14.4 Å². The number of pyridine rings is 1. The maximum Gasteiger partial charge on any atom is 0.179 e. The number of nitrogens with zero attached hydrogens (tertiary/aromatic N) is 3. The number of nitrogens with one attached hydrogen (secondary N) is 3. The predicted molar refractivity (Wildman–Crippen MR) is 109 cm³/mol. The van der Waals surface area contributed by atoms with E-state index >= 15 is 0 Å². The SMILES string of the molecule is CC(C)CNCCc1nc2nccc(/C(=N/O)Nc3ccc(F)c(Cl)c3)c2[nH]1. The molecule has 2 aromatic heterocycles. The zero-order valence-corrected chi connectivity index (χ0v) is 16.4. The molecule has 0 saturated carbocycles. The minimum Gasteiger partial charge on any atom is -0.409 e. The molecule has 4 N–H and O–H groups in total. The van der Waals surface area contributed by atoms with Crippen LogP contribution in [0.1, 0.15) is 25.2 Å². The highest BCUT2D eigenvalue weighted by atomic mass is 35.5. The molecule has 0 aliphatic heterocycles. The van der Waals surface area contributed by atoms with Crippen LogP contribution in [0.5, 0.6) is 0 Å². The predicted octanol–water partition coefficient (Wildman–Crippen LogP) is 3.79. The van der Waals surface area contributed by atoms with E-state index in [1.807, 2.05) is 0 Å². The number of hydrogen-bond donors (Lipinski definition) is 4. The van der Waals surface area contributed by atoms with Gasteiger partial charge in [-0.1, -0.05) is 30.6 Å². The lowest BCUT2D eigenvalue weighted by Gasteiger charge is -2.09. The quantitative estimate of drug-likeness (QED) is 0.158. The molecule has 148 valence electrons. The summed E-state index contributed by atoms with van der Waals surface area (Å²) >= 11 is 5.82. The lowest BCUT2D eigenvalue weighted by Crippen LogP contribution is -2.22. The molecule has 0 spiro atoms. The average Bonchev–Trinajstić information content (AvgIpc) is 3.09. The van der Waals surface area contributed by atoms with E-state index in [2.05, 4.69) is 44.6 Å². The fourth-order valence-corrected chi connectivity index (χ4v) is 2.91. The summed E-state index contributed by atoms with van der Waals surface area (Å²) in [6, 6.07) is 5.86. The molecular formula is C19H22ClFN6O. The normalized spacial score (nSPS) is 12.1. The molecule has 0 bridgehead atoms. The van der Waals surface area contributed by atoms with E-state index in [9.17, 15) is 9.60 Å². The Morgan fingerprint density at radius 2 is 2.18 bits per heavy atom. The van der Waals surface area contributed by atoms with E-state index in [4.69, 9.17) is 11.6 Å². The van der Waals surface area contributed by atoms with Gasteiger partial charge >= 0.3 is 0 Å². The largest absolute Gasteiger partial charge is 0.409 e. The summed E-state index contributed by atoms with van der Waals surface area (Å²) in [7, 11) is 0. The van der Waals surface area contributed by atoms with Crippen LogP contribution in [0.2, 0.25) is 5.02 Å². The van der Waals surface area contributed by atoms with Gasteiger partial charge in [-0.15, -0.1) is 0 Å². The van der Waals surface area contributed by atoms with Crippen molar-refractivity contribution >= 4 is 34.3 Å². The molecule has 0 aliphatic carbocycles. The van der Waals surface area contributed by atoms with Crippen LogP contribution in [-0.2, 0) is 6.42 Å². The molecule has 0 unspecified atom stereocenters. The Hall–Kier alpha value is -2.71. The molecule has 3 rings (SSSR count). The van der Waals surface area contributed by atoms with Crippen molar-refractivity contribution in [2.24, 2.45) is 11.1 Å². The highest BCUT2D eigenvalue weighted by Crippen LogP contribution is 2.21. The molecule has 1 aromatic carbocycles. The van der Waals surface area contributed by atoms with Crippen molar-refractivity contribution in [3.8, 4) is 0 Å². The van der Waals surface area contributed by atoms with Gasteiger partial charge < -0.3 is 20.8 Å². The average molecular weight is 405 g/mol. The van der Waals surface area contributed by atoms with Crippen LogP contribution in [0.15, 0.2) is 35.6 Å². The molecular weight excluding hydrogens is 383 g/mol. The molecule has 2 heterocycles. The number of fused-ring (bicyclic) bond motifs is 1. The van der Waals surface area contributed by atoms with Crippen LogP contribution >= 0.6 is 11.6 Å². The van der Waals surface area contributed by atoms with E-state index in [1.54, 1.807) is 12.3 Å². The molecule has 0 amide bonds. The second-order valence-corrected chi connectivity index (χ2v) is 7.20. The number of hydrogen-bond acceptors (Lipinski definition) is 5. The van der Waals surface area contributed by atoms with Gasteiger partial charge in [-0.05, 0) is 36.7 Å². The van der Waals surface area contributed by atoms with Crippen LogP contribution in [-0.4, -0.2) is 39.1 Å². The van der Waals surface area contributed by atoms with Crippen molar-refractivity contribution in [1.82, 2.24) is 20.3 Å². The molecule has 7 nitrogen and oxygen atoms in total. The van der Waals surface area contributed by atoms with E-state index in [0.29, 0.717) is 28.3 Å². The summed E-state index contributed by atoms with van der Waals surface area (Å²) in [5, 5.41) is 19.1. The van der Waals surface area contributed by atoms with Gasteiger partial charge in [0.25, 0.3) is 0 Å². The highest BCUT2D eigenvalue weighted by Gasteiger charge is 2.14. The Morgan fingerprint density at radius 3 is 2.89 bits per heavy atom. The van der Waals surface area contributed by atoms with E-state index in [0.717, 1.165) is 25.3 Å². The summed E-state index contributed by atoms with van der Waals surface area (Å²) in [6.07, 6.45) is 2.30. The Kier molecular flexibility index (Phi) is 6.43. The van der Waals surface area contributed by atoms with Gasteiger partial charge in [-0.3, -0.25) is 0 Å². The first-order chi connectivity index (χ1) is 13.5. The third-order valence-corrected chi connectivity index (χ3v) is 4.36. The lowest BCUT2D eigenvalue weighted by atomic mass is 10.2. The van der Waals surface area contributed by atoms with Crippen molar-refractivity contribution in [3.63, 3.8) is 0 Å². The Bertz CT molecular complexity index is 988. The first-order valence-electron chi connectivity index (χ1n) is 8.96. The number of imidazole rings is 1. The van der Waals surface area contributed by atoms with Crippen LogP contribution in [0.25, 0.3) is 11.2 Å². The maximum absolute atomic E-state index is 13.4. The molecule has 3 aromatic rings. The van der Waals surface area contributed by atoms with Crippen molar-refractivity contribution in [1.29, 1.82) is 0 Å². The Balaban J connectivity index is 1.81. The number of aromatic nitrogens is 3. The van der Waals surface area contributed by atoms with Gasteiger partial charge in [0.15, 0.2) is 11.5 Å².